The van der Waals surface area contributed by atoms with Crippen molar-refractivity contribution >= 4 is 33.3 Å². The number of likely N-dealkylation sites (N-methyl/N-ethyl adjacent to an activating group) is 1. The molecule has 3 amide bonds. The number of fused-ring (bicyclic) bond motifs is 1. The van der Waals surface area contributed by atoms with Gasteiger partial charge in [-0.15, -0.1) is 0 Å². The minimum atomic E-state index is -3.89. The predicted molar refractivity (Wildman–Crippen MR) is 153 cm³/mol. The Labute approximate surface area is 234 Å². The molecule has 0 unspecified atom stereocenters. The van der Waals surface area contributed by atoms with E-state index in [0.29, 0.717) is 5.69 Å². The Morgan fingerprint density at radius 1 is 1.07 bits per heavy atom. The lowest BCUT2D eigenvalue weighted by Crippen LogP contribution is -2.50. The van der Waals surface area contributed by atoms with Gasteiger partial charge in [-0.25, -0.2) is 13.2 Å². The molecule has 10 nitrogen and oxygen atoms in total. The Morgan fingerprint density at radius 2 is 1.73 bits per heavy atom. The summed E-state index contributed by atoms with van der Waals surface area (Å²) in [5.41, 5.74) is 1.01. The van der Waals surface area contributed by atoms with Gasteiger partial charge in [0.25, 0.3) is 15.9 Å². The Hall–Kier alpha value is -4.09. The summed E-state index contributed by atoms with van der Waals surface area (Å²) >= 11 is 0. The van der Waals surface area contributed by atoms with Crippen LogP contribution in [0.15, 0.2) is 83.8 Å². The number of ether oxygens (including phenoxy) is 1. The number of hydrogen-bond acceptors (Lipinski definition) is 6. The molecule has 0 spiro atoms. The highest BCUT2D eigenvalue weighted by molar-refractivity contribution is 7.92. The van der Waals surface area contributed by atoms with Gasteiger partial charge in [-0.2, -0.15) is 0 Å². The molecule has 3 aromatic carbocycles. The Kier molecular flexibility index (Phi) is 8.96. The zero-order valence-electron chi connectivity index (χ0n) is 22.7. The van der Waals surface area contributed by atoms with Crippen LogP contribution in [0, 0.1) is 5.92 Å². The van der Waals surface area contributed by atoms with E-state index in [1.807, 2.05) is 25.1 Å². The summed E-state index contributed by atoms with van der Waals surface area (Å²) in [6, 6.07) is 20.7. The fourth-order valence-electron chi connectivity index (χ4n) is 4.41. The van der Waals surface area contributed by atoms with Crippen molar-refractivity contribution in [1.82, 2.24) is 9.80 Å². The number of para-hydroxylation sites is 1. The predicted octanol–water partition coefficient (Wildman–Crippen LogP) is 3.87. The van der Waals surface area contributed by atoms with E-state index in [1.165, 1.54) is 29.2 Å². The number of anilines is 2. The van der Waals surface area contributed by atoms with Crippen molar-refractivity contribution < 1.29 is 27.9 Å². The van der Waals surface area contributed by atoms with E-state index < -0.39 is 28.1 Å². The van der Waals surface area contributed by atoms with Gasteiger partial charge in [0.1, 0.15) is 11.9 Å². The van der Waals surface area contributed by atoms with Crippen LogP contribution >= 0.6 is 0 Å². The molecule has 0 bridgehead atoms. The first-order valence-corrected chi connectivity index (χ1v) is 14.4. The highest BCUT2D eigenvalue weighted by Crippen LogP contribution is 2.31. The van der Waals surface area contributed by atoms with Crippen LogP contribution in [0.4, 0.5) is 16.2 Å². The number of carbonyl (C=O) groups excluding carboxylic acids is 2. The lowest BCUT2D eigenvalue weighted by Gasteiger charge is -2.38. The third-order valence-corrected chi connectivity index (χ3v) is 8.19. The van der Waals surface area contributed by atoms with Crippen LogP contribution in [-0.4, -0.2) is 74.2 Å². The molecule has 0 saturated heterocycles. The molecule has 40 heavy (non-hydrogen) atoms. The van der Waals surface area contributed by atoms with E-state index in [9.17, 15) is 23.1 Å². The Balaban J connectivity index is 1.62. The van der Waals surface area contributed by atoms with Gasteiger partial charge in [-0.3, -0.25) is 9.52 Å². The Bertz CT molecular complexity index is 1440. The number of benzene rings is 3. The summed E-state index contributed by atoms with van der Waals surface area (Å²) in [5, 5.41) is 12.7. The van der Waals surface area contributed by atoms with E-state index in [-0.39, 0.29) is 53.5 Å². The molecule has 1 aliphatic rings. The SMILES string of the molecule is C[C@@H]1CN([C@@H](C)CO)C(=O)c2cc(NS(=O)(=O)c3ccccc3)ccc2O[C@H]1CN(C)C(=O)Nc1ccccc1. The molecule has 212 valence electrons. The summed E-state index contributed by atoms with van der Waals surface area (Å²) in [6.07, 6.45) is -0.501. The maximum atomic E-state index is 13.6. The van der Waals surface area contributed by atoms with Gasteiger partial charge >= 0.3 is 6.03 Å². The maximum absolute atomic E-state index is 13.6. The number of hydrogen-bond donors (Lipinski definition) is 3. The van der Waals surface area contributed by atoms with Gasteiger partial charge in [0.05, 0.1) is 29.7 Å². The molecular formula is C29H34N4O6S. The number of nitrogens with zero attached hydrogens (tertiary/aromatic N) is 2. The van der Waals surface area contributed by atoms with Gasteiger partial charge in [0, 0.05) is 30.9 Å². The van der Waals surface area contributed by atoms with Crippen LogP contribution in [-0.2, 0) is 10.0 Å². The third-order valence-electron chi connectivity index (χ3n) is 6.80. The van der Waals surface area contributed by atoms with E-state index in [4.69, 9.17) is 4.74 Å². The molecule has 0 saturated carbocycles. The molecule has 1 heterocycles. The first-order chi connectivity index (χ1) is 19.1. The molecule has 1 aliphatic heterocycles. The third kappa shape index (κ3) is 6.72. The summed E-state index contributed by atoms with van der Waals surface area (Å²) in [4.78, 5) is 29.7. The van der Waals surface area contributed by atoms with Crippen molar-refractivity contribution in [2.45, 2.75) is 30.9 Å². The van der Waals surface area contributed by atoms with E-state index in [0.717, 1.165) is 0 Å². The quantitative estimate of drug-likeness (QED) is 0.380. The minimum Gasteiger partial charge on any atom is -0.487 e. The molecule has 4 rings (SSSR count). The van der Waals surface area contributed by atoms with E-state index in [2.05, 4.69) is 10.0 Å². The summed E-state index contributed by atoms with van der Waals surface area (Å²) in [5.74, 6) is -0.330. The van der Waals surface area contributed by atoms with Crippen LogP contribution in [0.1, 0.15) is 24.2 Å². The minimum absolute atomic E-state index is 0.0885. The van der Waals surface area contributed by atoms with Crippen LogP contribution < -0.4 is 14.8 Å². The first kappa shape index (κ1) is 28.9. The average Bonchev–Trinajstić information content (AvgIpc) is 2.95. The molecule has 3 N–H and O–H groups in total. The highest BCUT2D eigenvalue weighted by atomic mass is 32.2. The van der Waals surface area contributed by atoms with Gasteiger partial charge in [0.15, 0.2) is 0 Å². The zero-order chi connectivity index (χ0) is 28.9. The van der Waals surface area contributed by atoms with Crippen LogP contribution in [0.3, 0.4) is 0 Å². The van der Waals surface area contributed by atoms with Gasteiger partial charge in [-0.1, -0.05) is 43.3 Å². The van der Waals surface area contributed by atoms with Crippen molar-refractivity contribution in [1.29, 1.82) is 0 Å². The van der Waals surface area contributed by atoms with Crippen LogP contribution in [0.25, 0.3) is 0 Å². The van der Waals surface area contributed by atoms with Crippen molar-refractivity contribution in [3.8, 4) is 5.75 Å². The van der Waals surface area contributed by atoms with Gasteiger partial charge in [0.2, 0.25) is 0 Å². The lowest BCUT2D eigenvalue weighted by molar-refractivity contribution is 0.0371. The number of amides is 3. The summed E-state index contributed by atoms with van der Waals surface area (Å²) < 4.78 is 34.6. The fraction of sp³-hybridized carbons (Fsp3) is 0.310. The molecule has 3 atom stereocenters. The maximum Gasteiger partial charge on any atom is 0.321 e. The number of sulfonamides is 1. The fourth-order valence-corrected chi connectivity index (χ4v) is 5.48. The van der Waals surface area contributed by atoms with Crippen molar-refractivity contribution in [3.05, 3.63) is 84.4 Å². The second kappa shape index (κ2) is 12.4. The second-order valence-electron chi connectivity index (χ2n) is 9.93. The Morgan fingerprint density at radius 3 is 2.38 bits per heavy atom. The average molecular weight is 567 g/mol. The van der Waals surface area contributed by atoms with Crippen molar-refractivity contribution in [3.63, 3.8) is 0 Å². The van der Waals surface area contributed by atoms with E-state index >= 15 is 0 Å². The zero-order valence-corrected chi connectivity index (χ0v) is 23.5. The number of rotatable bonds is 8. The molecule has 0 fully saturated rings. The summed E-state index contributed by atoms with van der Waals surface area (Å²) in [7, 11) is -2.22. The van der Waals surface area contributed by atoms with Crippen LogP contribution in [0.2, 0.25) is 0 Å². The number of aliphatic hydroxyl groups excluding tert-OH is 1. The molecule has 11 heteroatoms. The topological polar surface area (TPSA) is 128 Å². The first-order valence-electron chi connectivity index (χ1n) is 13.0. The standard InChI is InChI=1S/C29H34N4O6S/c1-20-17-33(21(2)19-34)28(35)25-16-23(31-40(37,38)24-12-8-5-9-13-24)14-15-26(25)39-27(20)18-32(3)29(36)30-22-10-6-4-7-11-22/h4-16,20-21,27,31,34H,17-19H2,1-3H3,(H,30,36)/t20-,21+,27+/m1/s1. The lowest BCUT2D eigenvalue weighted by atomic mass is 9.99. The molecular weight excluding hydrogens is 532 g/mol. The van der Waals surface area contributed by atoms with Crippen molar-refractivity contribution in [2.75, 3.05) is 36.8 Å². The summed E-state index contributed by atoms with van der Waals surface area (Å²) in [6.45, 7) is 3.89. The second-order valence-corrected chi connectivity index (χ2v) is 11.6. The molecule has 3 aromatic rings. The number of aliphatic hydroxyl groups is 1. The van der Waals surface area contributed by atoms with Crippen LogP contribution in [0.5, 0.6) is 5.75 Å². The largest absolute Gasteiger partial charge is 0.487 e. The van der Waals surface area contributed by atoms with Crippen molar-refractivity contribution in [2.24, 2.45) is 5.92 Å². The number of carbonyl (C=O) groups is 2. The van der Waals surface area contributed by atoms with E-state index in [1.54, 1.807) is 55.3 Å². The molecule has 0 aliphatic carbocycles. The monoisotopic (exact) mass is 566 g/mol. The van der Waals surface area contributed by atoms with Gasteiger partial charge in [-0.05, 0) is 49.4 Å². The molecule has 0 aromatic heterocycles. The normalized spacial score (nSPS) is 18.0. The highest BCUT2D eigenvalue weighted by Gasteiger charge is 2.34. The number of urea groups is 1. The number of nitrogens with one attached hydrogen (secondary N) is 2. The molecule has 0 radical (unpaired) electrons. The smallest absolute Gasteiger partial charge is 0.321 e. The van der Waals surface area contributed by atoms with Gasteiger partial charge < -0.3 is 25.0 Å².